The first-order chi connectivity index (χ1) is 12.9. The fourth-order valence-corrected chi connectivity index (χ4v) is 3.91. The molecule has 0 atom stereocenters. The predicted octanol–water partition coefficient (Wildman–Crippen LogP) is 4.47. The zero-order valence-corrected chi connectivity index (χ0v) is 16.3. The van der Waals surface area contributed by atoms with Gasteiger partial charge < -0.3 is 9.15 Å². The summed E-state index contributed by atoms with van der Waals surface area (Å²) in [6.07, 6.45) is 2.47. The Kier molecular flexibility index (Phi) is 5.62. The van der Waals surface area contributed by atoms with E-state index in [4.69, 9.17) is 21.4 Å². The summed E-state index contributed by atoms with van der Waals surface area (Å²) >= 11 is 6.49. The summed E-state index contributed by atoms with van der Waals surface area (Å²) in [4.78, 5) is 24.9. The van der Waals surface area contributed by atoms with Crippen molar-refractivity contribution in [2.24, 2.45) is 0 Å². The van der Waals surface area contributed by atoms with Gasteiger partial charge in [0.1, 0.15) is 21.6 Å². The first kappa shape index (κ1) is 19.1. The molecule has 0 saturated carbocycles. The van der Waals surface area contributed by atoms with Crippen molar-refractivity contribution >= 4 is 46.0 Å². The van der Waals surface area contributed by atoms with E-state index in [1.165, 1.54) is 31.0 Å². The Balaban J connectivity index is 1.89. The van der Waals surface area contributed by atoms with Gasteiger partial charge in [-0.15, -0.1) is 0 Å². The van der Waals surface area contributed by atoms with E-state index in [0.29, 0.717) is 38.6 Å². The Morgan fingerprint density at radius 2 is 2.15 bits per heavy atom. The number of ether oxygens (including phenoxy) is 1. The van der Waals surface area contributed by atoms with Gasteiger partial charge in [-0.05, 0) is 24.6 Å². The number of thioether (sulfide) groups is 1. The second kappa shape index (κ2) is 7.93. The molecule has 1 aromatic carbocycles. The van der Waals surface area contributed by atoms with E-state index in [1.54, 1.807) is 29.2 Å². The highest BCUT2D eigenvalue weighted by Crippen LogP contribution is 2.36. The molecule has 0 unspecified atom stereocenters. The lowest BCUT2D eigenvalue weighted by Gasteiger charge is -2.11. The van der Waals surface area contributed by atoms with E-state index < -0.39 is 4.92 Å². The Morgan fingerprint density at radius 1 is 1.37 bits per heavy atom. The van der Waals surface area contributed by atoms with E-state index in [1.807, 2.05) is 6.92 Å². The van der Waals surface area contributed by atoms with Crippen LogP contribution < -0.4 is 4.74 Å². The van der Waals surface area contributed by atoms with Gasteiger partial charge in [-0.3, -0.25) is 19.8 Å². The molecule has 1 saturated heterocycles. The number of carbonyl (C=O) groups is 1. The number of nitrogens with zero attached hydrogens (tertiary/aromatic N) is 2. The van der Waals surface area contributed by atoms with Gasteiger partial charge in [0.25, 0.3) is 11.6 Å². The van der Waals surface area contributed by atoms with E-state index in [2.05, 4.69) is 0 Å². The van der Waals surface area contributed by atoms with Gasteiger partial charge in [-0.25, -0.2) is 0 Å². The van der Waals surface area contributed by atoms with E-state index in [-0.39, 0.29) is 11.6 Å². The predicted molar refractivity (Wildman–Crippen MR) is 108 cm³/mol. The van der Waals surface area contributed by atoms with Crippen molar-refractivity contribution in [1.29, 1.82) is 0 Å². The van der Waals surface area contributed by atoms with E-state index >= 15 is 0 Å². The van der Waals surface area contributed by atoms with E-state index in [9.17, 15) is 14.9 Å². The molecule has 9 heteroatoms. The van der Waals surface area contributed by atoms with Gasteiger partial charge in [-0.1, -0.05) is 30.9 Å². The minimum absolute atomic E-state index is 0.0676. The zero-order valence-electron chi connectivity index (χ0n) is 14.6. The van der Waals surface area contributed by atoms with Crippen LogP contribution in [0.3, 0.4) is 0 Å². The van der Waals surface area contributed by atoms with Gasteiger partial charge in [-0.2, -0.15) is 0 Å². The van der Waals surface area contributed by atoms with Crippen LogP contribution in [-0.2, 0) is 4.79 Å². The lowest BCUT2D eigenvalue weighted by molar-refractivity contribution is -0.384. The van der Waals surface area contributed by atoms with Crippen molar-refractivity contribution in [3.63, 3.8) is 0 Å². The number of carbonyl (C=O) groups excluding carboxylic acids is 1. The number of nitro groups is 1. The molecule has 1 aliphatic rings. The topological polar surface area (TPSA) is 85.8 Å². The third-order valence-electron chi connectivity index (χ3n) is 3.88. The number of methoxy groups -OCH3 is 1. The van der Waals surface area contributed by atoms with Crippen molar-refractivity contribution in [3.05, 3.63) is 51.1 Å². The quantitative estimate of drug-likeness (QED) is 0.304. The van der Waals surface area contributed by atoms with Crippen molar-refractivity contribution in [2.75, 3.05) is 13.7 Å². The second-order valence-electron chi connectivity index (χ2n) is 5.68. The number of amides is 1. The van der Waals surface area contributed by atoms with Crippen LogP contribution in [-0.4, -0.2) is 33.7 Å². The van der Waals surface area contributed by atoms with Gasteiger partial charge in [0.2, 0.25) is 0 Å². The second-order valence-corrected chi connectivity index (χ2v) is 7.35. The molecule has 0 radical (unpaired) electrons. The summed E-state index contributed by atoms with van der Waals surface area (Å²) in [5, 5.41) is 10.9. The molecule has 0 N–H and O–H groups in total. The Bertz CT molecular complexity index is 951. The molecule has 0 spiro atoms. The van der Waals surface area contributed by atoms with Crippen molar-refractivity contribution in [3.8, 4) is 17.1 Å². The third-order valence-corrected chi connectivity index (χ3v) is 5.26. The summed E-state index contributed by atoms with van der Waals surface area (Å²) in [5.41, 5.74) is 0.517. The van der Waals surface area contributed by atoms with Crippen LogP contribution in [0.5, 0.6) is 5.75 Å². The number of hydrogen-bond donors (Lipinski definition) is 0. The molecule has 1 fully saturated rings. The van der Waals surface area contributed by atoms with Crippen molar-refractivity contribution in [2.45, 2.75) is 13.3 Å². The standard InChI is InChI=1S/C18H16N2O5S2/c1-3-8-19-17(21)16(27-18(19)26)10-12-5-7-14(25-12)13-6-4-11(20(22)23)9-15(13)24-2/h4-7,9-10H,3,8H2,1-2H3. The summed E-state index contributed by atoms with van der Waals surface area (Å²) < 4.78 is 11.6. The highest BCUT2D eigenvalue weighted by atomic mass is 32.2. The first-order valence-corrected chi connectivity index (χ1v) is 9.35. The average molecular weight is 404 g/mol. The van der Waals surface area contributed by atoms with Crippen LogP contribution >= 0.6 is 24.0 Å². The molecular formula is C18H16N2O5S2. The number of non-ortho nitro benzene ring substituents is 1. The number of benzene rings is 1. The molecular weight excluding hydrogens is 388 g/mol. The Hall–Kier alpha value is -2.65. The number of nitro benzene ring substituents is 1. The van der Waals surface area contributed by atoms with Crippen molar-refractivity contribution in [1.82, 2.24) is 4.90 Å². The highest BCUT2D eigenvalue weighted by molar-refractivity contribution is 8.26. The highest BCUT2D eigenvalue weighted by Gasteiger charge is 2.31. The lowest BCUT2D eigenvalue weighted by atomic mass is 10.1. The van der Waals surface area contributed by atoms with Crippen LogP contribution in [0.15, 0.2) is 39.7 Å². The number of thiocarbonyl (C=S) groups is 1. The minimum Gasteiger partial charge on any atom is -0.496 e. The molecule has 2 heterocycles. The normalized spacial score (nSPS) is 15.6. The molecule has 140 valence electrons. The molecule has 0 bridgehead atoms. The summed E-state index contributed by atoms with van der Waals surface area (Å²) in [7, 11) is 1.44. The zero-order chi connectivity index (χ0) is 19.6. The molecule has 1 aromatic heterocycles. The van der Waals surface area contributed by atoms with Gasteiger partial charge >= 0.3 is 0 Å². The number of hydrogen-bond acceptors (Lipinski definition) is 7. The third kappa shape index (κ3) is 3.88. The van der Waals surface area contributed by atoms with E-state index in [0.717, 1.165) is 6.42 Å². The molecule has 2 aromatic rings. The maximum atomic E-state index is 12.4. The monoisotopic (exact) mass is 404 g/mol. The number of furan rings is 1. The fourth-order valence-electron chi connectivity index (χ4n) is 2.62. The maximum absolute atomic E-state index is 12.4. The number of rotatable bonds is 6. The van der Waals surface area contributed by atoms with Crippen LogP contribution in [0.4, 0.5) is 5.69 Å². The van der Waals surface area contributed by atoms with Gasteiger partial charge in [0.15, 0.2) is 0 Å². The Morgan fingerprint density at radius 3 is 2.81 bits per heavy atom. The molecule has 3 rings (SSSR count). The van der Waals surface area contributed by atoms with Gasteiger partial charge in [0, 0.05) is 18.7 Å². The molecule has 7 nitrogen and oxygen atoms in total. The average Bonchev–Trinajstić information content (AvgIpc) is 3.21. The summed E-state index contributed by atoms with van der Waals surface area (Å²) in [5.74, 6) is 1.18. The molecule has 1 aliphatic heterocycles. The summed E-state index contributed by atoms with van der Waals surface area (Å²) in [6.45, 7) is 2.57. The van der Waals surface area contributed by atoms with Crippen LogP contribution in [0.25, 0.3) is 17.4 Å². The minimum atomic E-state index is -0.488. The van der Waals surface area contributed by atoms with Crippen LogP contribution in [0.2, 0.25) is 0 Å². The van der Waals surface area contributed by atoms with Crippen LogP contribution in [0.1, 0.15) is 19.1 Å². The van der Waals surface area contributed by atoms with Gasteiger partial charge in [0.05, 0.1) is 28.6 Å². The van der Waals surface area contributed by atoms with Crippen molar-refractivity contribution < 1.29 is 18.9 Å². The fraction of sp³-hybridized carbons (Fsp3) is 0.222. The SMILES string of the molecule is CCCN1C(=O)C(=Cc2ccc(-c3ccc([N+](=O)[O-])cc3OC)o2)SC1=S. The van der Waals surface area contributed by atoms with Crippen LogP contribution in [0, 0.1) is 10.1 Å². The molecule has 0 aliphatic carbocycles. The Labute approximate surface area is 165 Å². The maximum Gasteiger partial charge on any atom is 0.273 e. The smallest absolute Gasteiger partial charge is 0.273 e. The summed E-state index contributed by atoms with van der Waals surface area (Å²) in [6, 6.07) is 7.74. The molecule has 1 amide bonds. The lowest BCUT2D eigenvalue weighted by Crippen LogP contribution is -2.28. The first-order valence-electron chi connectivity index (χ1n) is 8.12. The molecule has 27 heavy (non-hydrogen) atoms. The largest absolute Gasteiger partial charge is 0.496 e.